The van der Waals surface area contributed by atoms with Gasteiger partial charge in [-0.15, -0.1) is 10.2 Å². The number of rotatable bonds is 7. The number of morpholine rings is 1. The summed E-state index contributed by atoms with van der Waals surface area (Å²) < 4.78 is 13.0. The van der Waals surface area contributed by atoms with Gasteiger partial charge < -0.3 is 14.4 Å². The van der Waals surface area contributed by atoms with Crippen molar-refractivity contribution in [1.82, 2.24) is 19.7 Å². The van der Waals surface area contributed by atoms with Crippen molar-refractivity contribution in [3.8, 4) is 5.69 Å². The van der Waals surface area contributed by atoms with Crippen molar-refractivity contribution in [2.45, 2.75) is 24.8 Å². The third kappa shape index (κ3) is 4.74. The molecule has 1 aliphatic rings. The van der Waals surface area contributed by atoms with Crippen molar-refractivity contribution >= 4 is 34.6 Å². The number of aromatic nitrogens is 4. The summed E-state index contributed by atoms with van der Waals surface area (Å²) in [4.78, 5) is 20.0. The van der Waals surface area contributed by atoms with Crippen molar-refractivity contribution in [2.75, 3.05) is 37.8 Å². The van der Waals surface area contributed by atoms with E-state index in [2.05, 4.69) is 19.7 Å². The minimum Gasteiger partial charge on any atom is -0.462 e. The van der Waals surface area contributed by atoms with Crippen LogP contribution in [0, 0.1) is 6.92 Å². The second-order valence-corrected chi connectivity index (χ2v) is 9.08. The number of thioether (sulfide) groups is 1. The van der Waals surface area contributed by atoms with Gasteiger partial charge in [-0.1, -0.05) is 48.2 Å². The zero-order valence-electron chi connectivity index (χ0n) is 19.8. The van der Waals surface area contributed by atoms with Crippen LogP contribution >= 0.6 is 11.8 Å². The Bertz CT molecular complexity index is 1340. The van der Waals surface area contributed by atoms with Crippen molar-refractivity contribution in [1.29, 1.82) is 0 Å². The summed E-state index contributed by atoms with van der Waals surface area (Å²) in [7, 11) is 0. The van der Waals surface area contributed by atoms with E-state index < -0.39 is 0 Å². The molecule has 2 aromatic heterocycles. The highest BCUT2D eigenvalue weighted by Crippen LogP contribution is 2.32. The number of carbonyl (C=O) groups is 1. The van der Waals surface area contributed by atoms with E-state index in [9.17, 15) is 4.79 Å². The molecular formula is C26H27N5O3S. The van der Waals surface area contributed by atoms with Crippen LogP contribution in [-0.4, -0.2) is 58.6 Å². The van der Waals surface area contributed by atoms with Crippen LogP contribution in [0.25, 0.3) is 16.6 Å². The molecule has 1 fully saturated rings. The van der Waals surface area contributed by atoms with Gasteiger partial charge in [0.05, 0.1) is 42.3 Å². The van der Waals surface area contributed by atoms with Crippen LogP contribution in [0.2, 0.25) is 0 Å². The molecule has 4 aromatic rings. The summed E-state index contributed by atoms with van der Waals surface area (Å²) in [6.07, 6.45) is 0. The quantitative estimate of drug-likeness (QED) is 0.279. The second kappa shape index (κ2) is 10.5. The number of anilines is 1. The van der Waals surface area contributed by atoms with Crippen LogP contribution in [0.15, 0.2) is 59.8 Å². The van der Waals surface area contributed by atoms with Gasteiger partial charge in [-0.05, 0) is 37.6 Å². The number of ether oxygens (including phenoxy) is 2. The van der Waals surface area contributed by atoms with Crippen LogP contribution < -0.4 is 4.90 Å². The largest absolute Gasteiger partial charge is 0.462 e. The highest BCUT2D eigenvalue weighted by molar-refractivity contribution is 7.98. The smallest absolute Gasteiger partial charge is 0.340 e. The summed E-state index contributed by atoms with van der Waals surface area (Å²) in [6, 6.07) is 17.9. The zero-order valence-corrected chi connectivity index (χ0v) is 20.6. The Hall–Kier alpha value is -3.43. The normalized spacial score (nSPS) is 13.8. The van der Waals surface area contributed by atoms with Crippen LogP contribution in [0.1, 0.15) is 28.5 Å². The van der Waals surface area contributed by atoms with Crippen molar-refractivity contribution in [3.05, 3.63) is 71.4 Å². The van der Waals surface area contributed by atoms with E-state index in [1.807, 2.05) is 68.4 Å². The molecular weight excluding hydrogens is 462 g/mol. The average molecular weight is 490 g/mol. The summed E-state index contributed by atoms with van der Waals surface area (Å²) in [5.74, 6) is 0.890. The molecule has 0 spiro atoms. The minimum absolute atomic E-state index is 0.308. The number of hydrogen-bond donors (Lipinski definition) is 0. The van der Waals surface area contributed by atoms with Gasteiger partial charge in [0.25, 0.3) is 0 Å². The van der Waals surface area contributed by atoms with Crippen molar-refractivity contribution in [3.63, 3.8) is 0 Å². The number of hydrogen-bond acceptors (Lipinski definition) is 8. The molecule has 5 rings (SSSR count). The number of fused-ring (bicyclic) bond motifs is 1. The fraction of sp³-hybridized carbons (Fsp3) is 0.308. The highest BCUT2D eigenvalue weighted by Gasteiger charge is 2.24. The fourth-order valence-corrected chi connectivity index (χ4v) is 5.17. The first-order valence-corrected chi connectivity index (χ1v) is 12.7. The van der Waals surface area contributed by atoms with Gasteiger partial charge in [-0.2, -0.15) is 0 Å². The summed E-state index contributed by atoms with van der Waals surface area (Å²) >= 11 is 1.51. The molecule has 35 heavy (non-hydrogen) atoms. The van der Waals surface area contributed by atoms with Crippen LogP contribution in [-0.2, 0) is 15.2 Å². The van der Waals surface area contributed by atoms with Gasteiger partial charge in [0.1, 0.15) is 0 Å². The Labute approximate surface area is 208 Å². The SMILES string of the molecule is CCOC(=O)c1c(CSc2nnc(N3CCOCC3)n2-c2ccccc2)nc2ccccc2c1C. The van der Waals surface area contributed by atoms with E-state index in [-0.39, 0.29) is 5.97 Å². The standard InChI is InChI=1S/C26H27N5O3S/c1-3-34-24(32)23-18(2)20-11-7-8-12-21(20)27-22(23)17-35-26-29-28-25(30-13-15-33-16-14-30)31(26)19-9-5-4-6-10-19/h4-12H,3,13-17H2,1-2H3. The Morgan fingerprint density at radius 2 is 1.80 bits per heavy atom. The predicted octanol–water partition coefficient (Wildman–Crippen LogP) is 4.43. The number of aryl methyl sites for hydroxylation is 1. The molecule has 0 N–H and O–H groups in total. The molecule has 9 heteroatoms. The lowest BCUT2D eigenvalue weighted by Gasteiger charge is -2.27. The van der Waals surface area contributed by atoms with Crippen LogP contribution in [0.3, 0.4) is 0 Å². The van der Waals surface area contributed by atoms with Gasteiger partial charge in [-0.3, -0.25) is 9.55 Å². The summed E-state index contributed by atoms with van der Waals surface area (Å²) in [6.45, 7) is 6.91. The maximum absolute atomic E-state index is 12.9. The van der Waals surface area contributed by atoms with Gasteiger partial charge in [0.2, 0.25) is 5.95 Å². The third-order valence-electron chi connectivity index (χ3n) is 5.97. The molecule has 0 radical (unpaired) electrons. The molecule has 0 amide bonds. The number of para-hydroxylation sites is 2. The fourth-order valence-electron chi connectivity index (χ4n) is 4.28. The molecule has 180 valence electrons. The minimum atomic E-state index is -0.350. The van der Waals surface area contributed by atoms with Gasteiger partial charge in [0.15, 0.2) is 5.16 Å². The molecule has 0 saturated carbocycles. The first-order valence-electron chi connectivity index (χ1n) is 11.7. The Balaban J connectivity index is 1.53. The molecule has 0 unspecified atom stereocenters. The summed E-state index contributed by atoms with van der Waals surface area (Å²) in [5, 5.41) is 10.7. The zero-order chi connectivity index (χ0) is 24.2. The number of benzene rings is 2. The second-order valence-electron chi connectivity index (χ2n) is 8.14. The highest BCUT2D eigenvalue weighted by atomic mass is 32.2. The van der Waals surface area contributed by atoms with E-state index in [0.29, 0.717) is 36.8 Å². The molecule has 3 heterocycles. The average Bonchev–Trinajstić information content (AvgIpc) is 3.32. The molecule has 0 atom stereocenters. The topological polar surface area (TPSA) is 82.4 Å². The maximum atomic E-state index is 12.9. The lowest BCUT2D eigenvalue weighted by molar-refractivity contribution is 0.0524. The molecule has 0 bridgehead atoms. The van der Waals surface area contributed by atoms with Crippen LogP contribution in [0.5, 0.6) is 0 Å². The van der Waals surface area contributed by atoms with E-state index in [1.165, 1.54) is 11.8 Å². The number of esters is 1. The molecule has 1 saturated heterocycles. The number of nitrogens with zero attached hydrogens (tertiary/aromatic N) is 5. The lowest BCUT2D eigenvalue weighted by atomic mass is 10.0. The van der Waals surface area contributed by atoms with Gasteiger partial charge in [0, 0.05) is 24.2 Å². The maximum Gasteiger partial charge on any atom is 0.340 e. The number of carbonyl (C=O) groups excluding carboxylic acids is 1. The van der Waals surface area contributed by atoms with E-state index >= 15 is 0 Å². The molecule has 0 aliphatic carbocycles. The molecule has 8 nitrogen and oxygen atoms in total. The van der Waals surface area contributed by atoms with Gasteiger partial charge >= 0.3 is 5.97 Å². The Morgan fingerprint density at radius 3 is 2.57 bits per heavy atom. The third-order valence-corrected chi connectivity index (χ3v) is 6.91. The van der Waals surface area contributed by atoms with Crippen molar-refractivity contribution < 1.29 is 14.3 Å². The first kappa shape index (κ1) is 23.3. The lowest BCUT2D eigenvalue weighted by Crippen LogP contribution is -2.37. The van der Waals surface area contributed by atoms with Crippen LogP contribution in [0.4, 0.5) is 5.95 Å². The van der Waals surface area contributed by atoms with Crippen molar-refractivity contribution in [2.24, 2.45) is 0 Å². The summed E-state index contributed by atoms with van der Waals surface area (Å²) in [5.41, 5.74) is 3.92. The van der Waals surface area contributed by atoms with E-state index in [1.54, 1.807) is 0 Å². The number of pyridine rings is 1. The van der Waals surface area contributed by atoms with E-state index in [4.69, 9.17) is 14.5 Å². The molecule has 1 aliphatic heterocycles. The van der Waals surface area contributed by atoms with E-state index in [0.717, 1.165) is 46.3 Å². The Morgan fingerprint density at radius 1 is 1.06 bits per heavy atom. The first-order chi connectivity index (χ1) is 17.2. The Kier molecular flexibility index (Phi) is 6.96. The monoisotopic (exact) mass is 489 g/mol. The molecule has 2 aromatic carbocycles. The van der Waals surface area contributed by atoms with Gasteiger partial charge in [-0.25, -0.2) is 4.79 Å². The predicted molar refractivity (Wildman–Crippen MR) is 136 cm³/mol.